The van der Waals surface area contributed by atoms with Crippen LogP contribution >= 0.6 is 0 Å². The maximum absolute atomic E-state index is 13.0. The molecule has 0 unspecified atom stereocenters. The molecule has 2 aromatic rings. The van der Waals surface area contributed by atoms with Gasteiger partial charge in [0.15, 0.2) is 5.69 Å². The molecule has 0 radical (unpaired) electrons. The number of carbonyl (C=O) groups excluding carboxylic acids is 1. The zero-order chi connectivity index (χ0) is 14.9. The monoisotopic (exact) mass is 285 g/mol. The van der Waals surface area contributed by atoms with Gasteiger partial charge < -0.3 is 10.5 Å². The lowest BCUT2D eigenvalue weighted by atomic mass is 10.2. The van der Waals surface area contributed by atoms with Crippen molar-refractivity contribution in [3.63, 3.8) is 0 Å². The van der Waals surface area contributed by atoms with E-state index in [-0.39, 0.29) is 11.4 Å². The van der Waals surface area contributed by atoms with Crippen molar-refractivity contribution in [1.29, 1.82) is 0 Å². The van der Waals surface area contributed by atoms with E-state index in [1.807, 2.05) is 0 Å². The molecule has 8 heteroatoms. The van der Waals surface area contributed by atoms with Gasteiger partial charge in [0.1, 0.15) is 5.69 Å². The Labute approximate surface area is 111 Å². The van der Waals surface area contributed by atoms with Crippen LogP contribution in [0.3, 0.4) is 0 Å². The number of anilines is 1. The highest BCUT2D eigenvalue weighted by atomic mass is 19.4. The zero-order valence-electron chi connectivity index (χ0n) is 10.3. The van der Waals surface area contributed by atoms with Crippen LogP contribution < -0.4 is 5.73 Å². The molecule has 0 aliphatic heterocycles. The average molecular weight is 285 g/mol. The van der Waals surface area contributed by atoms with E-state index in [1.54, 1.807) is 0 Å². The molecule has 1 aromatic carbocycles. The lowest BCUT2D eigenvalue weighted by Crippen LogP contribution is -2.13. The number of hydrogen-bond acceptors (Lipinski definition) is 4. The molecule has 0 fully saturated rings. The van der Waals surface area contributed by atoms with E-state index in [2.05, 4.69) is 9.84 Å². The minimum Gasteiger partial charge on any atom is -0.464 e. The lowest BCUT2D eigenvalue weighted by Gasteiger charge is -2.10. The molecule has 0 bridgehead atoms. The summed E-state index contributed by atoms with van der Waals surface area (Å²) in [6.45, 7) is 0. The van der Waals surface area contributed by atoms with E-state index in [0.717, 1.165) is 7.11 Å². The van der Waals surface area contributed by atoms with Crippen molar-refractivity contribution < 1.29 is 22.7 Å². The number of alkyl halides is 3. The van der Waals surface area contributed by atoms with Crippen LogP contribution in [0, 0.1) is 0 Å². The topological polar surface area (TPSA) is 70.1 Å². The number of aromatic nitrogens is 2. The van der Waals surface area contributed by atoms with Crippen molar-refractivity contribution in [1.82, 2.24) is 9.78 Å². The van der Waals surface area contributed by atoms with Crippen molar-refractivity contribution >= 4 is 11.7 Å². The summed E-state index contributed by atoms with van der Waals surface area (Å²) in [7, 11) is 1.06. The van der Waals surface area contributed by atoms with Gasteiger partial charge >= 0.3 is 12.1 Å². The Balaban J connectivity index is 2.62. The third-order valence-corrected chi connectivity index (χ3v) is 2.51. The Morgan fingerprint density at radius 3 is 2.60 bits per heavy atom. The predicted octanol–water partition coefficient (Wildman–Crippen LogP) is 2.26. The molecule has 0 amide bonds. The molecule has 106 valence electrons. The standard InChI is InChI=1S/C12H10F3N3O2/c1-20-11(19)9-6-10(12(13,14)15)18(17-9)8-4-2-3-7(16)5-8/h2-6H,16H2,1H3. The molecule has 0 aliphatic carbocycles. The van der Waals surface area contributed by atoms with Crippen LogP contribution in [0.25, 0.3) is 5.69 Å². The number of nitrogen functional groups attached to an aromatic ring is 1. The van der Waals surface area contributed by atoms with Crippen LogP contribution in [0.2, 0.25) is 0 Å². The first-order valence-corrected chi connectivity index (χ1v) is 5.44. The second-order valence-corrected chi connectivity index (χ2v) is 3.91. The summed E-state index contributed by atoms with van der Waals surface area (Å²) in [5.41, 5.74) is 4.41. The fourth-order valence-corrected chi connectivity index (χ4v) is 1.64. The molecule has 1 aromatic heterocycles. The van der Waals surface area contributed by atoms with E-state index in [9.17, 15) is 18.0 Å². The summed E-state index contributed by atoms with van der Waals surface area (Å²) in [6.07, 6.45) is -4.66. The molecule has 1 heterocycles. The third kappa shape index (κ3) is 2.58. The summed E-state index contributed by atoms with van der Waals surface area (Å²) >= 11 is 0. The van der Waals surface area contributed by atoms with E-state index in [1.165, 1.54) is 24.3 Å². The number of nitrogens with zero attached hydrogens (tertiary/aromatic N) is 2. The van der Waals surface area contributed by atoms with Gasteiger partial charge in [0.05, 0.1) is 12.8 Å². The average Bonchev–Trinajstić information content (AvgIpc) is 2.82. The van der Waals surface area contributed by atoms with E-state index < -0.39 is 23.5 Å². The highest BCUT2D eigenvalue weighted by molar-refractivity contribution is 5.87. The molecule has 0 aliphatic rings. The van der Waals surface area contributed by atoms with Crippen molar-refractivity contribution in [3.8, 4) is 5.69 Å². The van der Waals surface area contributed by atoms with Crippen molar-refractivity contribution in [3.05, 3.63) is 41.7 Å². The fraction of sp³-hybridized carbons (Fsp3) is 0.167. The normalized spacial score (nSPS) is 11.4. The second-order valence-electron chi connectivity index (χ2n) is 3.91. The molecule has 0 saturated heterocycles. The molecular weight excluding hydrogens is 275 g/mol. The molecule has 0 spiro atoms. The van der Waals surface area contributed by atoms with Gasteiger partial charge in [0.25, 0.3) is 0 Å². The number of halogens is 3. The predicted molar refractivity (Wildman–Crippen MR) is 64.3 cm³/mol. The van der Waals surface area contributed by atoms with Crippen LogP contribution in [-0.2, 0) is 10.9 Å². The molecule has 0 atom stereocenters. The third-order valence-electron chi connectivity index (χ3n) is 2.51. The van der Waals surface area contributed by atoms with Crippen molar-refractivity contribution in [2.45, 2.75) is 6.18 Å². The summed E-state index contributed by atoms with van der Waals surface area (Å²) in [5, 5.41) is 3.63. The Bertz CT molecular complexity index is 650. The van der Waals surface area contributed by atoms with Gasteiger partial charge in [-0.15, -0.1) is 0 Å². The second kappa shape index (κ2) is 4.87. The van der Waals surface area contributed by atoms with Crippen molar-refractivity contribution in [2.75, 3.05) is 12.8 Å². The van der Waals surface area contributed by atoms with Crippen LogP contribution in [-0.4, -0.2) is 22.9 Å². The number of hydrogen-bond donors (Lipinski definition) is 1. The SMILES string of the molecule is COC(=O)c1cc(C(F)(F)F)n(-c2cccc(N)c2)n1. The molecule has 20 heavy (non-hydrogen) atoms. The van der Waals surface area contributed by atoms with Crippen LogP contribution in [0.5, 0.6) is 0 Å². The highest BCUT2D eigenvalue weighted by Crippen LogP contribution is 2.32. The largest absolute Gasteiger partial charge is 0.464 e. The number of carbonyl (C=O) groups is 1. The minimum atomic E-state index is -4.66. The molecule has 0 saturated carbocycles. The van der Waals surface area contributed by atoms with Gasteiger partial charge in [-0.3, -0.25) is 0 Å². The summed E-state index contributed by atoms with van der Waals surface area (Å²) in [4.78, 5) is 11.3. The summed E-state index contributed by atoms with van der Waals surface area (Å²) in [6, 6.07) is 6.38. The Morgan fingerprint density at radius 2 is 2.05 bits per heavy atom. The number of methoxy groups -OCH3 is 1. The Morgan fingerprint density at radius 1 is 1.35 bits per heavy atom. The molecule has 2 rings (SSSR count). The zero-order valence-corrected chi connectivity index (χ0v) is 10.3. The molecular formula is C12H10F3N3O2. The lowest BCUT2D eigenvalue weighted by molar-refractivity contribution is -0.142. The number of benzene rings is 1. The van der Waals surface area contributed by atoms with Crippen LogP contribution in [0.4, 0.5) is 18.9 Å². The first kappa shape index (κ1) is 13.9. The quantitative estimate of drug-likeness (QED) is 0.678. The number of ether oxygens (including phenoxy) is 1. The van der Waals surface area contributed by atoms with Crippen molar-refractivity contribution in [2.24, 2.45) is 0 Å². The van der Waals surface area contributed by atoms with Gasteiger partial charge in [-0.2, -0.15) is 18.3 Å². The van der Waals surface area contributed by atoms with E-state index in [4.69, 9.17) is 5.73 Å². The van der Waals surface area contributed by atoms with E-state index >= 15 is 0 Å². The van der Waals surface area contributed by atoms with Gasteiger partial charge in [0, 0.05) is 11.8 Å². The maximum Gasteiger partial charge on any atom is 0.433 e. The molecule has 5 nitrogen and oxygen atoms in total. The highest BCUT2D eigenvalue weighted by Gasteiger charge is 2.37. The van der Waals surface area contributed by atoms with Crippen LogP contribution in [0.15, 0.2) is 30.3 Å². The first-order valence-electron chi connectivity index (χ1n) is 5.44. The van der Waals surface area contributed by atoms with Gasteiger partial charge in [-0.05, 0) is 18.2 Å². The summed E-state index contributed by atoms with van der Waals surface area (Å²) in [5.74, 6) is -0.946. The Hall–Kier alpha value is -2.51. The van der Waals surface area contributed by atoms with Gasteiger partial charge in [0.2, 0.25) is 0 Å². The fourth-order valence-electron chi connectivity index (χ4n) is 1.64. The van der Waals surface area contributed by atoms with Gasteiger partial charge in [-0.1, -0.05) is 6.07 Å². The molecule has 2 N–H and O–H groups in total. The number of esters is 1. The van der Waals surface area contributed by atoms with Crippen LogP contribution in [0.1, 0.15) is 16.2 Å². The Kier molecular flexibility index (Phi) is 3.39. The first-order chi connectivity index (χ1) is 9.32. The van der Waals surface area contributed by atoms with Gasteiger partial charge in [-0.25, -0.2) is 9.48 Å². The number of rotatable bonds is 2. The number of nitrogens with two attached hydrogens (primary N) is 1. The van der Waals surface area contributed by atoms with E-state index in [0.29, 0.717) is 10.7 Å². The smallest absolute Gasteiger partial charge is 0.433 e. The summed E-state index contributed by atoms with van der Waals surface area (Å²) < 4.78 is 43.9. The maximum atomic E-state index is 13.0. The minimum absolute atomic E-state index is 0.104.